The summed E-state index contributed by atoms with van der Waals surface area (Å²) in [4.78, 5) is 24.1. The van der Waals surface area contributed by atoms with Crippen molar-refractivity contribution in [3.05, 3.63) is 0 Å². The molecule has 1 unspecified atom stereocenters. The van der Waals surface area contributed by atoms with Crippen LogP contribution in [0.2, 0.25) is 0 Å². The second kappa shape index (κ2) is 4.61. The predicted octanol–water partition coefficient (Wildman–Crippen LogP) is 0.489. The van der Waals surface area contributed by atoms with Gasteiger partial charge in [0.15, 0.2) is 5.54 Å². The van der Waals surface area contributed by atoms with E-state index in [1.165, 1.54) is 11.8 Å². The van der Waals surface area contributed by atoms with Crippen molar-refractivity contribution >= 4 is 11.9 Å². The van der Waals surface area contributed by atoms with Gasteiger partial charge >= 0.3 is 5.97 Å². The van der Waals surface area contributed by atoms with Crippen LogP contribution in [-0.4, -0.2) is 47.2 Å². The fourth-order valence-electron chi connectivity index (χ4n) is 1.95. The van der Waals surface area contributed by atoms with Gasteiger partial charge in [-0.05, 0) is 6.42 Å². The van der Waals surface area contributed by atoms with E-state index in [1.807, 2.05) is 6.92 Å². The molecule has 1 aliphatic heterocycles. The van der Waals surface area contributed by atoms with E-state index in [9.17, 15) is 14.7 Å². The van der Waals surface area contributed by atoms with Gasteiger partial charge in [-0.3, -0.25) is 4.79 Å². The van der Waals surface area contributed by atoms with Crippen LogP contribution >= 0.6 is 0 Å². The molecule has 1 rings (SSSR count). The second-order valence-electron chi connectivity index (χ2n) is 3.81. The second-order valence-corrected chi connectivity index (χ2v) is 3.81. The fourth-order valence-corrected chi connectivity index (χ4v) is 1.95. The maximum atomic E-state index is 11.4. The first kappa shape index (κ1) is 12.0. The largest absolute Gasteiger partial charge is 0.479 e. The summed E-state index contributed by atoms with van der Waals surface area (Å²) in [7, 11) is 0. The van der Waals surface area contributed by atoms with Crippen molar-refractivity contribution in [3.63, 3.8) is 0 Å². The molecular formula is C10H17NO4. The molecule has 15 heavy (non-hydrogen) atoms. The zero-order valence-corrected chi connectivity index (χ0v) is 9.15. The van der Waals surface area contributed by atoms with Crippen molar-refractivity contribution in [1.82, 2.24) is 4.90 Å². The summed E-state index contributed by atoms with van der Waals surface area (Å²) in [5.41, 5.74) is -1.14. The van der Waals surface area contributed by atoms with Crippen molar-refractivity contribution in [2.75, 3.05) is 19.8 Å². The number of ether oxygens (including phenoxy) is 1. The van der Waals surface area contributed by atoms with Crippen LogP contribution in [0, 0.1) is 0 Å². The lowest BCUT2D eigenvalue weighted by Crippen LogP contribution is -2.57. The lowest BCUT2D eigenvalue weighted by Gasteiger charge is -2.35. The first-order valence-electron chi connectivity index (χ1n) is 5.14. The number of carbonyl (C=O) groups is 2. The fraction of sp³-hybridized carbons (Fsp3) is 0.800. The molecule has 0 radical (unpaired) electrons. The molecule has 0 aliphatic carbocycles. The molecule has 5 heteroatoms. The molecule has 0 bridgehead atoms. The SMILES string of the molecule is CCCN(C(C)=O)C1(C(=O)O)CCOC1. The summed E-state index contributed by atoms with van der Waals surface area (Å²) in [6, 6.07) is 0. The third kappa shape index (κ3) is 2.12. The highest BCUT2D eigenvalue weighted by atomic mass is 16.5. The number of nitrogens with zero attached hydrogens (tertiary/aromatic N) is 1. The van der Waals surface area contributed by atoms with Crippen LogP contribution in [0.3, 0.4) is 0 Å². The van der Waals surface area contributed by atoms with Crippen LogP contribution in [0.15, 0.2) is 0 Å². The third-order valence-corrected chi connectivity index (χ3v) is 2.74. The summed E-state index contributed by atoms with van der Waals surface area (Å²) in [5.74, 6) is -1.17. The van der Waals surface area contributed by atoms with Gasteiger partial charge in [0.2, 0.25) is 5.91 Å². The normalized spacial score (nSPS) is 25.2. The standard InChI is InChI=1S/C10H17NO4/c1-3-5-11(8(2)12)10(9(13)14)4-6-15-7-10/h3-7H2,1-2H3,(H,13,14). The van der Waals surface area contributed by atoms with Crippen molar-refractivity contribution in [2.45, 2.75) is 32.2 Å². The minimum absolute atomic E-state index is 0.0991. The average Bonchev–Trinajstić information content (AvgIpc) is 2.63. The molecule has 1 atom stereocenters. The molecule has 1 fully saturated rings. The van der Waals surface area contributed by atoms with Crippen LogP contribution in [0.1, 0.15) is 26.7 Å². The van der Waals surface area contributed by atoms with E-state index < -0.39 is 11.5 Å². The number of rotatable bonds is 4. The highest BCUT2D eigenvalue weighted by Gasteiger charge is 2.48. The number of hydrogen-bond acceptors (Lipinski definition) is 3. The number of carbonyl (C=O) groups excluding carboxylic acids is 1. The van der Waals surface area contributed by atoms with Gasteiger partial charge in [-0.25, -0.2) is 4.79 Å². The Bertz CT molecular complexity index is 258. The first-order chi connectivity index (χ1) is 7.04. The van der Waals surface area contributed by atoms with E-state index in [4.69, 9.17) is 4.74 Å². The van der Waals surface area contributed by atoms with Crippen LogP contribution in [0.25, 0.3) is 0 Å². The van der Waals surface area contributed by atoms with Crippen molar-refractivity contribution < 1.29 is 19.4 Å². The third-order valence-electron chi connectivity index (χ3n) is 2.74. The van der Waals surface area contributed by atoms with Gasteiger partial charge in [-0.1, -0.05) is 6.92 Å². The Morgan fingerprint density at radius 2 is 2.20 bits per heavy atom. The van der Waals surface area contributed by atoms with Gasteiger partial charge in [0, 0.05) is 26.5 Å². The van der Waals surface area contributed by atoms with Gasteiger partial charge in [0.05, 0.1) is 6.61 Å². The maximum absolute atomic E-state index is 11.4. The highest BCUT2D eigenvalue weighted by molar-refractivity contribution is 5.86. The molecule has 1 amide bonds. The zero-order valence-electron chi connectivity index (χ0n) is 9.15. The van der Waals surface area contributed by atoms with E-state index in [0.29, 0.717) is 19.6 Å². The van der Waals surface area contributed by atoms with Crippen molar-refractivity contribution in [3.8, 4) is 0 Å². The van der Waals surface area contributed by atoms with Gasteiger partial charge in [0.25, 0.3) is 0 Å². The van der Waals surface area contributed by atoms with Crippen LogP contribution < -0.4 is 0 Å². The Hall–Kier alpha value is -1.10. The zero-order chi connectivity index (χ0) is 11.5. The minimum Gasteiger partial charge on any atom is -0.479 e. The Labute approximate surface area is 89.0 Å². The molecule has 0 aromatic rings. The number of carboxylic acid groups (broad SMARTS) is 1. The first-order valence-corrected chi connectivity index (χ1v) is 5.14. The molecule has 1 aliphatic rings. The monoisotopic (exact) mass is 215 g/mol. The van der Waals surface area contributed by atoms with Crippen LogP contribution in [-0.2, 0) is 14.3 Å². The Morgan fingerprint density at radius 3 is 2.53 bits per heavy atom. The lowest BCUT2D eigenvalue weighted by molar-refractivity contribution is -0.158. The molecular weight excluding hydrogens is 198 g/mol. The molecule has 5 nitrogen and oxygen atoms in total. The topological polar surface area (TPSA) is 66.8 Å². The molecule has 1 heterocycles. The molecule has 0 aromatic carbocycles. The quantitative estimate of drug-likeness (QED) is 0.741. The van der Waals surface area contributed by atoms with Crippen molar-refractivity contribution in [2.24, 2.45) is 0 Å². The van der Waals surface area contributed by atoms with E-state index >= 15 is 0 Å². The van der Waals surface area contributed by atoms with Gasteiger partial charge in [-0.15, -0.1) is 0 Å². The summed E-state index contributed by atoms with van der Waals surface area (Å²) >= 11 is 0. The highest BCUT2D eigenvalue weighted by Crippen LogP contribution is 2.27. The molecule has 1 N–H and O–H groups in total. The smallest absolute Gasteiger partial charge is 0.332 e. The summed E-state index contributed by atoms with van der Waals surface area (Å²) < 4.78 is 5.12. The molecule has 1 saturated heterocycles. The Kier molecular flexibility index (Phi) is 3.68. The van der Waals surface area contributed by atoms with Crippen molar-refractivity contribution in [1.29, 1.82) is 0 Å². The van der Waals surface area contributed by atoms with Crippen LogP contribution in [0.4, 0.5) is 0 Å². The minimum atomic E-state index is -1.14. The molecule has 86 valence electrons. The Balaban J connectivity index is 2.94. The maximum Gasteiger partial charge on any atom is 0.332 e. The number of carboxylic acids is 1. The molecule has 0 saturated carbocycles. The number of aliphatic carboxylic acids is 1. The van der Waals surface area contributed by atoms with Crippen LogP contribution in [0.5, 0.6) is 0 Å². The molecule has 0 aromatic heterocycles. The van der Waals surface area contributed by atoms with E-state index in [2.05, 4.69) is 0 Å². The summed E-state index contributed by atoms with van der Waals surface area (Å²) in [5, 5.41) is 9.24. The predicted molar refractivity (Wildman–Crippen MR) is 53.5 cm³/mol. The number of amides is 1. The number of hydrogen-bond donors (Lipinski definition) is 1. The summed E-state index contributed by atoms with van der Waals surface area (Å²) in [6.07, 6.45) is 1.12. The lowest BCUT2D eigenvalue weighted by atomic mass is 9.96. The van der Waals surface area contributed by atoms with Gasteiger partial charge in [0.1, 0.15) is 0 Å². The van der Waals surface area contributed by atoms with Gasteiger partial charge < -0.3 is 14.7 Å². The molecule has 0 spiro atoms. The van der Waals surface area contributed by atoms with E-state index in [1.54, 1.807) is 0 Å². The van der Waals surface area contributed by atoms with E-state index in [0.717, 1.165) is 6.42 Å². The van der Waals surface area contributed by atoms with E-state index in [-0.39, 0.29) is 12.5 Å². The Morgan fingerprint density at radius 1 is 1.53 bits per heavy atom. The summed E-state index contributed by atoms with van der Waals surface area (Å²) in [6.45, 7) is 4.28. The van der Waals surface area contributed by atoms with Gasteiger partial charge in [-0.2, -0.15) is 0 Å². The average molecular weight is 215 g/mol.